The Hall–Kier alpha value is -1.50. The van der Waals surface area contributed by atoms with Gasteiger partial charge < -0.3 is 4.98 Å². The molecule has 0 saturated carbocycles. The van der Waals surface area contributed by atoms with Crippen molar-refractivity contribution in [1.29, 1.82) is 0 Å². The molecular formula is C13H14N. The van der Waals surface area contributed by atoms with E-state index < -0.39 is 0 Å². The van der Waals surface area contributed by atoms with Crippen molar-refractivity contribution in [3.8, 4) is 0 Å². The minimum absolute atomic E-state index is 1.07. The fourth-order valence-corrected chi connectivity index (χ4v) is 1.63. The van der Waals surface area contributed by atoms with Gasteiger partial charge in [-0.05, 0) is 48.9 Å². The van der Waals surface area contributed by atoms with Crippen LogP contribution in [0.4, 0.5) is 0 Å². The van der Waals surface area contributed by atoms with Crippen LogP contribution in [0.1, 0.15) is 12.0 Å². The van der Waals surface area contributed by atoms with E-state index >= 15 is 0 Å². The van der Waals surface area contributed by atoms with Crippen LogP contribution in [0.2, 0.25) is 0 Å². The second kappa shape index (κ2) is 4.14. The van der Waals surface area contributed by atoms with Gasteiger partial charge in [0.25, 0.3) is 0 Å². The predicted molar refractivity (Wildman–Crippen MR) is 61.1 cm³/mol. The summed E-state index contributed by atoms with van der Waals surface area (Å²) in [6, 6.07) is 8.66. The Balaban J connectivity index is 2.17. The van der Waals surface area contributed by atoms with Crippen molar-refractivity contribution < 1.29 is 0 Å². The molecule has 1 heterocycles. The molecule has 0 unspecified atom stereocenters. The molecule has 0 bridgehead atoms. The highest BCUT2D eigenvalue weighted by Gasteiger charge is 1.95. The molecule has 0 aliphatic heterocycles. The number of allylic oxidation sites excluding steroid dienone is 2. The van der Waals surface area contributed by atoms with Crippen LogP contribution in [0, 0.1) is 6.92 Å². The molecule has 1 nitrogen and oxygen atoms in total. The first-order chi connectivity index (χ1) is 6.90. The maximum Gasteiger partial charge on any atom is 0.0454 e. The molecule has 0 aliphatic rings. The van der Waals surface area contributed by atoms with Crippen molar-refractivity contribution in [2.45, 2.75) is 12.8 Å². The van der Waals surface area contributed by atoms with E-state index in [1.54, 1.807) is 0 Å². The van der Waals surface area contributed by atoms with E-state index in [1.165, 1.54) is 16.5 Å². The second-order valence-electron chi connectivity index (χ2n) is 3.41. The number of benzene rings is 1. The Morgan fingerprint density at radius 2 is 2.21 bits per heavy atom. The molecule has 0 aliphatic carbocycles. The zero-order chi connectivity index (χ0) is 9.80. The quantitative estimate of drug-likeness (QED) is 0.751. The third-order valence-corrected chi connectivity index (χ3v) is 2.38. The van der Waals surface area contributed by atoms with Gasteiger partial charge in [0.15, 0.2) is 0 Å². The van der Waals surface area contributed by atoms with Crippen molar-refractivity contribution in [2.24, 2.45) is 0 Å². The van der Waals surface area contributed by atoms with Crippen LogP contribution < -0.4 is 0 Å². The molecule has 1 aromatic carbocycles. The lowest BCUT2D eigenvalue weighted by Crippen LogP contribution is -1.82. The van der Waals surface area contributed by atoms with E-state index in [9.17, 15) is 0 Å². The number of hydrogen-bond donors (Lipinski definition) is 1. The number of rotatable bonds is 3. The molecular weight excluding hydrogens is 170 g/mol. The molecule has 0 atom stereocenters. The fraction of sp³-hybridized carbons (Fsp3) is 0.154. The minimum Gasteiger partial charge on any atom is -0.361 e. The molecule has 1 radical (unpaired) electrons. The molecule has 0 saturated heterocycles. The first kappa shape index (κ1) is 9.07. The van der Waals surface area contributed by atoms with Crippen LogP contribution in [0.5, 0.6) is 0 Å². The van der Waals surface area contributed by atoms with Gasteiger partial charge in [-0.25, -0.2) is 0 Å². The third-order valence-electron chi connectivity index (χ3n) is 2.38. The van der Waals surface area contributed by atoms with Crippen molar-refractivity contribution >= 4 is 10.9 Å². The van der Waals surface area contributed by atoms with Gasteiger partial charge >= 0.3 is 0 Å². The molecule has 1 N–H and O–H groups in total. The highest BCUT2D eigenvalue weighted by atomic mass is 14.7. The van der Waals surface area contributed by atoms with Crippen molar-refractivity contribution in [2.75, 3.05) is 0 Å². The Morgan fingerprint density at radius 1 is 1.29 bits per heavy atom. The molecule has 0 amide bonds. The summed E-state index contributed by atoms with van der Waals surface area (Å²) in [6.45, 7) is 3.67. The molecule has 1 heteroatoms. The fourth-order valence-electron chi connectivity index (χ4n) is 1.63. The highest BCUT2D eigenvalue weighted by molar-refractivity contribution is 5.79. The standard InChI is InChI=1S/C13H14N/c1-2-3-4-5-11-6-7-13-12(10-11)8-9-14-13/h2-3,6-10,14H,1,4-5H2. The summed E-state index contributed by atoms with van der Waals surface area (Å²) in [7, 11) is 0. The smallest absolute Gasteiger partial charge is 0.0454 e. The van der Waals surface area contributed by atoms with E-state index in [1.807, 2.05) is 12.3 Å². The van der Waals surface area contributed by atoms with Gasteiger partial charge in [0.2, 0.25) is 0 Å². The minimum atomic E-state index is 1.07. The molecule has 14 heavy (non-hydrogen) atoms. The lowest BCUT2D eigenvalue weighted by atomic mass is 10.1. The van der Waals surface area contributed by atoms with Gasteiger partial charge in [-0.15, -0.1) is 0 Å². The Kier molecular flexibility index (Phi) is 2.68. The average Bonchev–Trinajstić information content (AvgIpc) is 2.65. The van der Waals surface area contributed by atoms with Crippen LogP contribution >= 0.6 is 0 Å². The zero-order valence-corrected chi connectivity index (χ0v) is 8.16. The van der Waals surface area contributed by atoms with Crippen molar-refractivity contribution in [1.82, 2.24) is 4.98 Å². The Labute approximate surface area is 84.5 Å². The lowest BCUT2D eigenvalue weighted by Gasteiger charge is -1.98. The van der Waals surface area contributed by atoms with E-state index in [0.717, 1.165) is 12.8 Å². The Morgan fingerprint density at radius 3 is 3.07 bits per heavy atom. The predicted octanol–water partition coefficient (Wildman–Crippen LogP) is 3.49. The van der Waals surface area contributed by atoms with Crippen molar-refractivity contribution in [3.05, 3.63) is 55.1 Å². The second-order valence-corrected chi connectivity index (χ2v) is 3.41. The summed E-state index contributed by atoms with van der Waals surface area (Å²) in [6.07, 6.45) is 8.09. The maximum atomic E-state index is 3.67. The first-order valence-electron chi connectivity index (χ1n) is 4.90. The topological polar surface area (TPSA) is 15.8 Å². The summed E-state index contributed by atoms with van der Waals surface area (Å²) < 4.78 is 0. The van der Waals surface area contributed by atoms with E-state index in [0.29, 0.717) is 0 Å². The van der Waals surface area contributed by atoms with Crippen LogP contribution in [0.15, 0.2) is 42.6 Å². The van der Waals surface area contributed by atoms with Gasteiger partial charge in [0.1, 0.15) is 0 Å². The molecule has 71 valence electrons. The number of nitrogens with one attached hydrogen (secondary N) is 1. The number of aromatic amines is 1. The highest BCUT2D eigenvalue weighted by Crippen LogP contribution is 2.15. The molecule has 1 aromatic heterocycles. The first-order valence-corrected chi connectivity index (χ1v) is 4.90. The van der Waals surface area contributed by atoms with Gasteiger partial charge in [-0.3, -0.25) is 0 Å². The number of fused-ring (bicyclic) bond motifs is 1. The monoisotopic (exact) mass is 184 g/mol. The summed E-state index contributed by atoms with van der Waals surface area (Å²) >= 11 is 0. The SMILES string of the molecule is [CH2]C=CCCc1ccc2[nH]ccc2c1. The van der Waals surface area contributed by atoms with Gasteiger partial charge in [-0.1, -0.05) is 18.2 Å². The van der Waals surface area contributed by atoms with Crippen LogP contribution in [-0.4, -0.2) is 4.98 Å². The molecule has 0 fully saturated rings. The van der Waals surface area contributed by atoms with E-state index in [4.69, 9.17) is 0 Å². The normalized spacial score (nSPS) is 11.5. The summed E-state index contributed by atoms with van der Waals surface area (Å²) in [5, 5.41) is 1.29. The van der Waals surface area contributed by atoms with Crippen LogP contribution in [0.25, 0.3) is 10.9 Å². The van der Waals surface area contributed by atoms with Gasteiger partial charge in [0, 0.05) is 11.7 Å². The van der Waals surface area contributed by atoms with E-state index in [-0.39, 0.29) is 0 Å². The molecule has 2 aromatic rings. The average molecular weight is 184 g/mol. The number of aromatic nitrogens is 1. The Bertz CT molecular complexity index is 437. The maximum absolute atomic E-state index is 3.67. The molecule has 0 spiro atoms. The van der Waals surface area contributed by atoms with Gasteiger partial charge in [0.05, 0.1) is 0 Å². The van der Waals surface area contributed by atoms with E-state index in [2.05, 4.69) is 42.2 Å². The largest absolute Gasteiger partial charge is 0.361 e. The van der Waals surface area contributed by atoms with Crippen molar-refractivity contribution in [3.63, 3.8) is 0 Å². The number of aryl methyl sites for hydroxylation is 1. The summed E-state index contributed by atoms with van der Waals surface area (Å²) in [5.74, 6) is 0. The zero-order valence-electron chi connectivity index (χ0n) is 8.16. The van der Waals surface area contributed by atoms with Gasteiger partial charge in [-0.2, -0.15) is 0 Å². The molecule has 2 rings (SSSR count). The van der Waals surface area contributed by atoms with Crippen LogP contribution in [-0.2, 0) is 6.42 Å². The number of hydrogen-bond acceptors (Lipinski definition) is 0. The van der Waals surface area contributed by atoms with Crippen LogP contribution in [0.3, 0.4) is 0 Å². The third kappa shape index (κ3) is 1.87. The lowest BCUT2D eigenvalue weighted by molar-refractivity contribution is 1.00. The number of H-pyrrole nitrogens is 1. The summed E-state index contributed by atoms with van der Waals surface area (Å²) in [5.41, 5.74) is 2.59. The summed E-state index contributed by atoms with van der Waals surface area (Å²) in [4.78, 5) is 3.19.